The number of amides is 3. The highest BCUT2D eigenvalue weighted by molar-refractivity contribution is 5.91. The minimum atomic E-state index is -0.0505. The number of hydrogen-bond acceptors (Lipinski definition) is 3. The fourth-order valence-electron chi connectivity index (χ4n) is 2.19. The maximum Gasteiger partial charge on any atom is 0.317 e. The van der Waals surface area contributed by atoms with E-state index in [9.17, 15) is 9.59 Å². The number of anilines is 1. The quantitative estimate of drug-likeness (QED) is 0.721. The minimum absolute atomic E-state index is 0.0427. The predicted molar refractivity (Wildman–Crippen MR) is 77.2 cm³/mol. The summed E-state index contributed by atoms with van der Waals surface area (Å²) in [5.41, 5.74) is 7.30. The van der Waals surface area contributed by atoms with E-state index in [1.54, 1.807) is 4.90 Å². The van der Waals surface area contributed by atoms with E-state index in [1.165, 1.54) is 0 Å². The lowest BCUT2D eigenvalue weighted by atomic mass is 10.1. The third-order valence-electron chi connectivity index (χ3n) is 3.29. The van der Waals surface area contributed by atoms with Crippen LogP contribution in [-0.4, -0.2) is 36.5 Å². The van der Waals surface area contributed by atoms with E-state index in [0.717, 1.165) is 17.8 Å². The second kappa shape index (κ2) is 6.91. The average molecular weight is 276 g/mol. The normalized spacial score (nSPS) is 14.2. The number of urea groups is 1. The zero-order valence-electron chi connectivity index (χ0n) is 11.4. The van der Waals surface area contributed by atoms with Crippen molar-refractivity contribution in [2.45, 2.75) is 19.4 Å². The molecule has 0 atom stereocenters. The Balaban J connectivity index is 1.76. The van der Waals surface area contributed by atoms with Crippen molar-refractivity contribution in [3.05, 3.63) is 29.8 Å². The molecule has 1 saturated heterocycles. The van der Waals surface area contributed by atoms with Crippen LogP contribution >= 0.6 is 0 Å². The Morgan fingerprint density at radius 1 is 1.40 bits per heavy atom. The fraction of sp³-hybridized carbons (Fsp3) is 0.429. The summed E-state index contributed by atoms with van der Waals surface area (Å²) in [4.78, 5) is 24.9. The van der Waals surface area contributed by atoms with Gasteiger partial charge in [-0.25, -0.2) is 4.79 Å². The first-order valence-electron chi connectivity index (χ1n) is 6.81. The van der Waals surface area contributed by atoms with Crippen LogP contribution in [0.25, 0.3) is 0 Å². The first-order valence-corrected chi connectivity index (χ1v) is 6.81. The van der Waals surface area contributed by atoms with Crippen molar-refractivity contribution >= 4 is 17.6 Å². The van der Waals surface area contributed by atoms with E-state index in [4.69, 9.17) is 5.73 Å². The summed E-state index contributed by atoms with van der Waals surface area (Å²) in [6.45, 7) is 2.41. The molecule has 1 aliphatic rings. The molecule has 0 unspecified atom stereocenters. The summed E-state index contributed by atoms with van der Waals surface area (Å²) in [6.07, 6.45) is 1.05. The van der Waals surface area contributed by atoms with Crippen molar-refractivity contribution < 1.29 is 9.59 Å². The zero-order valence-corrected chi connectivity index (χ0v) is 11.4. The van der Waals surface area contributed by atoms with Gasteiger partial charge in [0.05, 0.1) is 0 Å². The lowest BCUT2D eigenvalue weighted by Crippen LogP contribution is -2.29. The molecule has 3 amide bonds. The molecule has 0 saturated carbocycles. The van der Waals surface area contributed by atoms with Crippen molar-refractivity contribution in [2.24, 2.45) is 5.73 Å². The van der Waals surface area contributed by atoms with E-state index >= 15 is 0 Å². The first kappa shape index (κ1) is 14.3. The standard InChI is InChI=1S/C14H20N4O2/c15-10-11-4-1-2-5-12(11)17-13(19)6-3-8-18-9-7-16-14(18)20/h1-2,4-5H,3,6-10,15H2,(H,16,20)(H,17,19). The molecule has 0 spiro atoms. The highest BCUT2D eigenvalue weighted by Crippen LogP contribution is 2.14. The van der Waals surface area contributed by atoms with Gasteiger partial charge in [-0.15, -0.1) is 0 Å². The molecule has 1 heterocycles. The lowest BCUT2D eigenvalue weighted by Gasteiger charge is -2.14. The molecule has 20 heavy (non-hydrogen) atoms. The Morgan fingerprint density at radius 2 is 2.20 bits per heavy atom. The maximum absolute atomic E-state index is 11.9. The number of carbonyl (C=O) groups excluding carboxylic acids is 2. The molecule has 6 nitrogen and oxygen atoms in total. The summed E-state index contributed by atoms with van der Waals surface area (Å²) in [5, 5.41) is 5.60. The van der Waals surface area contributed by atoms with E-state index in [1.807, 2.05) is 24.3 Å². The van der Waals surface area contributed by atoms with Gasteiger partial charge in [0.1, 0.15) is 0 Å². The molecule has 1 aromatic rings. The van der Waals surface area contributed by atoms with Gasteiger partial charge in [0.2, 0.25) is 5.91 Å². The zero-order chi connectivity index (χ0) is 14.4. The average Bonchev–Trinajstić information content (AvgIpc) is 2.85. The van der Waals surface area contributed by atoms with Crippen molar-refractivity contribution in [3.63, 3.8) is 0 Å². The number of nitrogens with one attached hydrogen (secondary N) is 2. The van der Waals surface area contributed by atoms with Crippen molar-refractivity contribution in [3.8, 4) is 0 Å². The Kier molecular flexibility index (Phi) is 4.95. The maximum atomic E-state index is 11.9. The Morgan fingerprint density at radius 3 is 2.90 bits per heavy atom. The molecule has 1 fully saturated rings. The second-order valence-corrected chi connectivity index (χ2v) is 4.73. The smallest absolute Gasteiger partial charge is 0.317 e. The van der Waals surface area contributed by atoms with Crippen LogP contribution in [0.2, 0.25) is 0 Å². The van der Waals surface area contributed by atoms with Crippen molar-refractivity contribution in [2.75, 3.05) is 25.0 Å². The molecule has 108 valence electrons. The number of nitrogens with two attached hydrogens (primary N) is 1. The van der Waals surface area contributed by atoms with Gasteiger partial charge in [-0.05, 0) is 18.1 Å². The summed E-state index contributed by atoms with van der Waals surface area (Å²) in [6, 6.07) is 7.45. The van der Waals surface area contributed by atoms with Crippen molar-refractivity contribution in [1.82, 2.24) is 10.2 Å². The molecule has 4 N–H and O–H groups in total. The van der Waals surface area contributed by atoms with Crippen molar-refractivity contribution in [1.29, 1.82) is 0 Å². The van der Waals surface area contributed by atoms with Gasteiger partial charge in [-0.2, -0.15) is 0 Å². The van der Waals surface area contributed by atoms with Gasteiger partial charge in [-0.1, -0.05) is 18.2 Å². The Labute approximate surface area is 118 Å². The van der Waals surface area contributed by atoms with Crippen LogP contribution in [0.4, 0.5) is 10.5 Å². The summed E-state index contributed by atoms with van der Waals surface area (Å²) >= 11 is 0. The van der Waals surface area contributed by atoms with Gasteiger partial charge in [0.15, 0.2) is 0 Å². The van der Waals surface area contributed by atoms with Gasteiger partial charge in [0, 0.05) is 38.3 Å². The highest BCUT2D eigenvalue weighted by atomic mass is 16.2. The molecule has 6 heteroatoms. The second-order valence-electron chi connectivity index (χ2n) is 4.73. The van der Waals surface area contributed by atoms with Crippen LogP contribution in [0.1, 0.15) is 18.4 Å². The van der Waals surface area contributed by atoms with E-state index in [0.29, 0.717) is 32.5 Å². The molecule has 1 aromatic carbocycles. The molecule has 0 aromatic heterocycles. The molecule has 2 rings (SSSR count). The third kappa shape index (κ3) is 3.71. The number of rotatable bonds is 6. The summed E-state index contributed by atoms with van der Waals surface area (Å²) in [5.74, 6) is -0.0505. The molecule has 0 radical (unpaired) electrons. The number of nitrogens with zero attached hydrogens (tertiary/aromatic N) is 1. The third-order valence-corrected chi connectivity index (χ3v) is 3.29. The number of para-hydroxylation sites is 1. The molecular weight excluding hydrogens is 256 g/mol. The summed E-state index contributed by atoms with van der Waals surface area (Å²) < 4.78 is 0. The van der Waals surface area contributed by atoms with Gasteiger partial charge >= 0.3 is 6.03 Å². The van der Waals surface area contributed by atoms with Gasteiger partial charge in [-0.3, -0.25) is 4.79 Å². The van der Waals surface area contributed by atoms with Crippen LogP contribution in [0.3, 0.4) is 0 Å². The van der Waals surface area contributed by atoms with Crippen LogP contribution in [0.15, 0.2) is 24.3 Å². The molecular formula is C14H20N4O2. The SMILES string of the molecule is NCc1ccccc1NC(=O)CCCN1CCNC1=O. The summed E-state index contributed by atoms with van der Waals surface area (Å²) in [7, 11) is 0. The van der Waals surface area contributed by atoms with Crippen LogP contribution in [-0.2, 0) is 11.3 Å². The van der Waals surface area contributed by atoms with E-state index in [-0.39, 0.29) is 11.9 Å². The first-order chi connectivity index (χ1) is 9.70. The van der Waals surface area contributed by atoms with E-state index < -0.39 is 0 Å². The van der Waals surface area contributed by atoms with Gasteiger partial charge < -0.3 is 21.3 Å². The van der Waals surface area contributed by atoms with Crippen LogP contribution in [0.5, 0.6) is 0 Å². The van der Waals surface area contributed by atoms with E-state index in [2.05, 4.69) is 10.6 Å². The minimum Gasteiger partial charge on any atom is -0.336 e. The topological polar surface area (TPSA) is 87.5 Å². The molecule has 1 aliphatic heterocycles. The number of carbonyl (C=O) groups is 2. The number of hydrogen-bond donors (Lipinski definition) is 3. The predicted octanol–water partition coefficient (Wildman–Crippen LogP) is 0.889. The van der Waals surface area contributed by atoms with Gasteiger partial charge in [0.25, 0.3) is 0 Å². The Bertz CT molecular complexity index is 490. The largest absolute Gasteiger partial charge is 0.336 e. The van der Waals surface area contributed by atoms with Crippen LogP contribution in [0, 0.1) is 0 Å². The number of benzene rings is 1. The lowest BCUT2D eigenvalue weighted by molar-refractivity contribution is -0.116. The Hall–Kier alpha value is -2.08. The molecule has 0 aliphatic carbocycles. The highest BCUT2D eigenvalue weighted by Gasteiger charge is 2.18. The molecule has 0 bridgehead atoms. The fourth-order valence-corrected chi connectivity index (χ4v) is 2.19. The van der Waals surface area contributed by atoms with Crippen LogP contribution < -0.4 is 16.4 Å². The monoisotopic (exact) mass is 276 g/mol.